The van der Waals surface area contributed by atoms with E-state index >= 15 is 0 Å². The summed E-state index contributed by atoms with van der Waals surface area (Å²) in [5, 5.41) is 0. The zero-order valence-electron chi connectivity index (χ0n) is 12.8. The summed E-state index contributed by atoms with van der Waals surface area (Å²) in [5.41, 5.74) is 2.82. The lowest BCUT2D eigenvalue weighted by Crippen LogP contribution is -2.37. The molecular weight excluding hydrogens is 264 g/mol. The van der Waals surface area contributed by atoms with E-state index in [-0.39, 0.29) is 12.5 Å². The Morgan fingerprint density at radius 1 is 1.10 bits per heavy atom. The number of carbonyl (C=O) groups excluding carboxylic acids is 1. The minimum atomic E-state index is 0.103. The van der Waals surface area contributed by atoms with Gasteiger partial charge in [-0.05, 0) is 62.5 Å². The second-order valence-corrected chi connectivity index (χ2v) is 6.11. The minimum Gasteiger partial charge on any atom is -0.484 e. The van der Waals surface area contributed by atoms with Crippen LogP contribution in [0.2, 0.25) is 0 Å². The van der Waals surface area contributed by atoms with Crippen molar-refractivity contribution >= 4 is 5.91 Å². The highest BCUT2D eigenvalue weighted by molar-refractivity contribution is 5.77. The molecule has 1 heterocycles. The Labute approximate surface area is 126 Å². The van der Waals surface area contributed by atoms with E-state index in [2.05, 4.69) is 24.1 Å². The van der Waals surface area contributed by atoms with Crippen LogP contribution in [-0.2, 0) is 17.6 Å². The van der Waals surface area contributed by atoms with Crippen molar-refractivity contribution in [1.82, 2.24) is 9.80 Å². The number of hydrogen-bond donors (Lipinski definition) is 0. The van der Waals surface area contributed by atoms with E-state index in [0.717, 1.165) is 44.8 Å². The second kappa shape index (κ2) is 6.48. The molecular formula is C17H24N2O2. The monoisotopic (exact) mass is 288 g/mol. The number of rotatable bonds is 3. The minimum absolute atomic E-state index is 0.103. The third-order valence-corrected chi connectivity index (χ3v) is 4.50. The van der Waals surface area contributed by atoms with E-state index < -0.39 is 0 Å². The van der Waals surface area contributed by atoms with Crippen LogP contribution in [0.5, 0.6) is 5.75 Å². The summed E-state index contributed by atoms with van der Waals surface area (Å²) < 4.78 is 5.71. The van der Waals surface area contributed by atoms with Gasteiger partial charge in [0.2, 0.25) is 0 Å². The van der Waals surface area contributed by atoms with Crippen LogP contribution >= 0.6 is 0 Å². The summed E-state index contributed by atoms with van der Waals surface area (Å²) in [6.07, 6.45) is 4.59. The fraction of sp³-hybridized carbons (Fsp3) is 0.588. The fourth-order valence-electron chi connectivity index (χ4n) is 3.17. The summed E-state index contributed by atoms with van der Waals surface area (Å²) in [5.74, 6) is 0.932. The Balaban J connectivity index is 1.53. The van der Waals surface area contributed by atoms with Gasteiger partial charge in [0.1, 0.15) is 5.75 Å². The zero-order chi connectivity index (χ0) is 14.7. The average Bonchev–Trinajstić information content (AvgIpc) is 2.85. The standard InChI is InChI=1S/C17H24N2O2/c1-18-8-3-9-19(11-10-18)17(20)13-21-16-7-6-14-4-2-5-15(14)12-16/h6-7,12H,2-5,8-11,13H2,1H3. The molecule has 21 heavy (non-hydrogen) atoms. The van der Waals surface area contributed by atoms with Crippen LogP contribution < -0.4 is 4.74 Å². The first kappa shape index (κ1) is 14.4. The van der Waals surface area contributed by atoms with Crippen molar-refractivity contribution in [3.05, 3.63) is 29.3 Å². The van der Waals surface area contributed by atoms with E-state index in [0.29, 0.717) is 0 Å². The maximum absolute atomic E-state index is 12.2. The number of nitrogens with zero attached hydrogens (tertiary/aromatic N) is 2. The lowest BCUT2D eigenvalue weighted by molar-refractivity contribution is -0.133. The normalized spacial score (nSPS) is 19.2. The van der Waals surface area contributed by atoms with E-state index in [1.165, 1.54) is 24.0 Å². The molecule has 1 aliphatic carbocycles. The number of aryl methyl sites for hydroxylation is 2. The third kappa shape index (κ3) is 3.56. The molecule has 4 nitrogen and oxygen atoms in total. The van der Waals surface area contributed by atoms with Gasteiger partial charge in [-0.15, -0.1) is 0 Å². The fourth-order valence-corrected chi connectivity index (χ4v) is 3.17. The molecule has 0 aromatic heterocycles. The number of carbonyl (C=O) groups is 1. The SMILES string of the molecule is CN1CCCN(C(=O)COc2ccc3c(c2)CCC3)CC1. The van der Waals surface area contributed by atoms with Crippen LogP contribution in [0.15, 0.2) is 18.2 Å². The van der Waals surface area contributed by atoms with Gasteiger partial charge in [-0.2, -0.15) is 0 Å². The highest BCUT2D eigenvalue weighted by Crippen LogP contribution is 2.26. The molecule has 3 rings (SSSR count). The van der Waals surface area contributed by atoms with Crippen LogP contribution in [0.1, 0.15) is 24.0 Å². The van der Waals surface area contributed by atoms with Gasteiger partial charge in [0.25, 0.3) is 5.91 Å². The molecule has 2 aliphatic rings. The van der Waals surface area contributed by atoms with Crippen molar-refractivity contribution in [2.75, 3.05) is 39.8 Å². The summed E-state index contributed by atoms with van der Waals surface area (Å²) in [4.78, 5) is 16.4. The molecule has 0 bridgehead atoms. The molecule has 1 aliphatic heterocycles. The molecule has 1 aromatic rings. The molecule has 4 heteroatoms. The number of hydrogen-bond acceptors (Lipinski definition) is 3. The molecule has 0 unspecified atom stereocenters. The molecule has 1 aromatic carbocycles. The third-order valence-electron chi connectivity index (χ3n) is 4.50. The summed E-state index contributed by atoms with van der Waals surface area (Å²) in [6.45, 7) is 3.82. The maximum Gasteiger partial charge on any atom is 0.260 e. The molecule has 114 valence electrons. The quantitative estimate of drug-likeness (QED) is 0.849. The Kier molecular flexibility index (Phi) is 4.44. The van der Waals surface area contributed by atoms with Crippen molar-refractivity contribution in [3.63, 3.8) is 0 Å². The van der Waals surface area contributed by atoms with Gasteiger partial charge in [-0.1, -0.05) is 6.07 Å². The molecule has 0 spiro atoms. The highest BCUT2D eigenvalue weighted by Gasteiger charge is 2.18. The number of likely N-dealkylation sites (N-methyl/N-ethyl adjacent to an activating group) is 1. The van der Waals surface area contributed by atoms with Gasteiger partial charge in [0.05, 0.1) is 0 Å². The topological polar surface area (TPSA) is 32.8 Å². The van der Waals surface area contributed by atoms with Gasteiger partial charge in [-0.25, -0.2) is 0 Å². The smallest absolute Gasteiger partial charge is 0.260 e. The molecule has 1 amide bonds. The number of benzene rings is 1. The second-order valence-electron chi connectivity index (χ2n) is 6.11. The van der Waals surface area contributed by atoms with Crippen molar-refractivity contribution in [2.24, 2.45) is 0 Å². The first-order valence-corrected chi connectivity index (χ1v) is 7.93. The Morgan fingerprint density at radius 3 is 2.86 bits per heavy atom. The van der Waals surface area contributed by atoms with Crippen LogP contribution in [0, 0.1) is 0 Å². The number of amides is 1. The largest absolute Gasteiger partial charge is 0.484 e. The molecule has 0 saturated carbocycles. The Morgan fingerprint density at radius 2 is 1.95 bits per heavy atom. The molecule has 0 atom stereocenters. The van der Waals surface area contributed by atoms with Crippen LogP contribution in [-0.4, -0.2) is 55.5 Å². The van der Waals surface area contributed by atoms with E-state index in [1.807, 2.05) is 11.0 Å². The first-order chi connectivity index (χ1) is 10.2. The lowest BCUT2D eigenvalue weighted by atomic mass is 10.1. The van der Waals surface area contributed by atoms with Gasteiger partial charge < -0.3 is 14.5 Å². The molecule has 1 saturated heterocycles. The molecule has 0 radical (unpaired) electrons. The van der Waals surface area contributed by atoms with E-state index in [1.54, 1.807) is 0 Å². The molecule has 0 N–H and O–H groups in total. The van der Waals surface area contributed by atoms with Crippen LogP contribution in [0.25, 0.3) is 0 Å². The van der Waals surface area contributed by atoms with Gasteiger partial charge >= 0.3 is 0 Å². The van der Waals surface area contributed by atoms with Gasteiger partial charge in [0.15, 0.2) is 6.61 Å². The van der Waals surface area contributed by atoms with Crippen LogP contribution in [0.4, 0.5) is 0 Å². The highest BCUT2D eigenvalue weighted by atomic mass is 16.5. The van der Waals surface area contributed by atoms with Crippen LogP contribution in [0.3, 0.4) is 0 Å². The summed E-state index contributed by atoms with van der Waals surface area (Å²) in [7, 11) is 2.11. The maximum atomic E-state index is 12.2. The average molecular weight is 288 g/mol. The molecule has 1 fully saturated rings. The summed E-state index contributed by atoms with van der Waals surface area (Å²) in [6, 6.07) is 6.24. The Bertz CT molecular complexity index is 516. The zero-order valence-corrected chi connectivity index (χ0v) is 12.8. The van der Waals surface area contributed by atoms with Gasteiger partial charge in [-0.3, -0.25) is 4.79 Å². The summed E-state index contributed by atoms with van der Waals surface area (Å²) >= 11 is 0. The van der Waals surface area contributed by atoms with Crippen molar-refractivity contribution < 1.29 is 9.53 Å². The van der Waals surface area contributed by atoms with Crippen molar-refractivity contribution in [3.8, 4) is 5.75 Å². The van der Waals surface area contributed by atoms with E-state index in [4.69, 9.17) is 4.74 Å². The predicted molar refractivity (Wildman–Crippen MR) is 82.7 cm³/mol. The predicted octanol–water partition coefficient (Wildman–Crippen LogP) is 1.72. The first-order valence-electron chi connectivity index (χ1n) is 7.93. The number of fused-ring (bicyclic) bond motifs is 1. The van der Waals surface area contributed by atoms with E-state index in [9.17, 15) is 4.79 Å². The van der Waals surface area contributed by atoms with Crippen molar-refractivity contribution in [1.29, 1.82) is 0 Å². The Hall–Kier alpha value is -1.55. The number of ether oxygens (including phenoxy) is 1. The lowest BCUT2D eigenvalue weighted by Gasteiger charge is -2.20. The van der Waals surface area contributed by atoms with Crippen molar-refractivity contribution in [2.45, 2.75) is 25.7 Å². The van der Waals surface area contributed by atoms with Gasteiger partial charge in [0, 0.05) is 19.6 Å².